The van der Waals surface area contributed by atoms with E-state index in [0.717, 1.165) is 24.6 Å². The maximum absolute atomic E-state index is 13.0. The summed E-state index contributed by atoms with van der Waals surface area (Å²) in [6, 6.07) is 8.59. The Hall–Kier alpha value is -0.870. The van der Waals surface area contributed by atoms with E-state index in [2.05, 4.69) is 47.1 Å². The fourth-order valence-electron chi connectivity index (χ4n) is 3.43. The predicted octanol–water partition coefficient (Wildman–Crippen LogP) is 3.12. The number of carbonyl (C=O) groups is 1. The minimum atomic E-state index is 0.0338. The van der Waals surface area contributed by atoms with E-state index in [0.29, 0.717) is 13.2 Å². The smallest absolute Gasteiger partial charge is 0.230 e. The first kappa shape index (κ1) is 15.0. The molecule has 1 aliphatic heterocycles. The van der Waals surface area contributed by atoms with Gasteiger partial charge in [0.05, 0.1) is 24.7 Å². The van der Waals surface area contributed by atoms with E-state index in [1.807, 2.05) is 4.90 Å². The number of carbonyl (C=O) groups excluding carboxylic acids is 1. The molecule has 1 heterocycles. The molecule has 3 unspecified atom stereocenters. The van der Waals surface area contributed by atoms with Gasteiger partial charge < -0.3 is 9.64 Å². The van der Waals surface area contributed by atoms with Crippen LogP contribution in [0.15, 0.2) is 24.3 Å². The largest absolute Gasteiger partial charge is 0.373 e. The van der Waals surface area contributed by atoms with Gasteiger partial charge in [0.2, 0.25) is 5.91 Å². The highest BCUT2D eigenvalue weighted by Gasteiger charge is 2.35. The molecule has 0 bridgehead atoms. The van der Waals surface area contributed by atoms with Crippen molar-refractivity contribution in [2.45, 2.75) is 44.2 Å². The normalized spacial score (nSPS) is 29.0. The molecule has 21 heavy (non-hydrogen) atoms. The van der Waals surface area contributed by atoms with Crippen molar-refractivity contribution >= 4 is 21.8 Å². The Kier molecular flexibility index (Phi) is 4.65. The average Bonchev–Trinajstić information content (AvgIpc) is 2.54. The molecular weight excluding hydrogens is 330 g/mol. The van der Waals surface area contributed by atoms with Gasteiger partial charge in [-0.15, -0.1) is 0 Å². The fourth-order valence-corrected chi connectivity index (χ4v) is 3.82. The van der Waals surface area contributed by atoms with Crippen molar-refractivity contribution in [2.24, 2.45) is 0 Å². The van der Waals surface area contributed by atoms with Gasteiger partial charge >= 0.3 is 0 Å². The van der Waals surface area contributed by atoms with Crippen LogP contribution in [0.4, 0.5) is 0 Å². The van der Waals surface area contributed by atoms with Crippen LogP contribution in [-0.2, 0) is 16.0 Å². The Bertz CT molecular complexity index is 519. The second-order valence-corrected chi connectivity index (χ2v) is 6.74. The zero-order chi connectivity index (χ0) is 14.8. The lowest BCUT2D eigenvalue weighted by molar-refractivity contribution is -0.144. The summed E-state index contributed by atoms with van der Waals surface area (Å²) in [6.45, 7) is 3.41. The molecule has 114 valence electrons. The monoisotopic (exact) mass is 351 g/mol. The second-order valence-electron chi connectivity index (χ2n) is 6.09. The Morgan fingerprint density at radius 3 is 3.05 bits per heavy atom. The summed E-state index contributed by atoms with van der Waals surface area (Å²) < 4.78 is 5.74. The van der Waals surface area contributed by atoms with Crippen molar-refractivity contribution in [3.05, 3.63) is 35.4 Å². The third kappa shape index (κ3) is 3.02. The van der Waals surface area contributed by atoms with Gasteiger partial charge in [-0.05, 0) is 37.3 Å². The number of amides is 1. The van der Waals surface area contributed by atoms with E-state index in [-0.39, 0.29) is 24.0 Å². The van der Waals surface area contributed by atoms with E-state index in [9.17, 15) is 4.79 Å². The van der Waals surface area contributed by atoms with Crippen LogP contribution in [0.2, 0.25) is 0 Å². The Morgan fingerprint density at radius 2 is 2.24 bits per heavy atom. The quantitative estimate of drug-likeness (QED) is 0.766. The van der Waals surface area contributed by atoms with Gasteiger partial charge in [-0.3, -0.25) is 4.79 Å². The summed E-state index contributed by atoms with van der Waals surface area (Å²) in [5.74, 6) is 0.315. The highest BCUT2D eigenvalue weighted by Crippen LogP contribution is 2.34. The van der Waals surface area contributed by atoms with Gasteiger partial charge in [-0.25, -0.2) is 0 Å². The summed E-state index contributed by atoms with van der Waals surface area (Å²) >= 11 is 3.47. The van der Waals surface area contributed by atoms with Gasteiger partial charge in [0.25, 0.3) is 0 Å². The molecule has 3 atom stereocenters. The van der Waals surface area contributed by atoms with E-state index >= 15 is 0 Å². The Morgan fingerprint density at radius 1 is 1.43 bits per heavy atom. The topological polar surface area (TPSA) is 29.5 Å². The lowest BCUT2D eigenvalue weighted by Crippen LogP contribution is -2.53. The predicted molar refractivity (Wildman–Crippen MR) is 86.8 cm³/mol. The minimum absolute atomic E-state index is 0.0338. The van der Waals surface area contributed by atoms with Crippen LogP contribution in [0.25, 0.3) is 0 Å². The van der Waals surface area contributed by atoms with Crippen LogP contribution in [0, 0.1) is 0 Å². The van der Waals surface area contributed by atoms with E-state index in [1.165, 1.54) is 11.1 Å². The van der Waals surface area contributed by atoms with Gasteiger partial charge in [0, 0.05) is 11.9 Å². The molecule has 0 saturated carbocycles. The lowest BCUT2D eigenvalue weighted by atomic mass is 9.82. The number of rotatable bonds is 2. The molecule has 0 aromatic heterocycles. The fraction of sp³-hybridized carbons (Fsp3) is 0.588. The van der Waals surface area contributed by atoms with Crippen LogP contribution in [-0.4, -0.2) is 41.4 Å². The van der Waals surface area contributed by atoms with E-state index in [4.69, 9.17) is 4.74 Å². The molecule has 0 radical (unpaired) electrons. The molecule has 1 saturated heterocycles. The Labute approximate surface area is 134 Å². The zero-order valence-electron chi connectivity index (χ0n) is 12.4. The lowest BCUT2D eigenvalue weighted by Gasteiger charge is -2.40. The maximum Gasteiger partial charge on any atom is 0.230 e. The van der Waals surface area contributed by atoms with E-state index in [1.54, 1.807) is 0 Å². The highest BCUT2D eigenvalue weighted by atomic mass is 79.9. The van der Waals surface area contributed by atoms with Crippen LogP contribution in [0.1, 0.15) is 36.8 Å². The number of morpholine rings is 1. The van der Waals surface area contributed by atoms with Crippen molar-refractivity contribution < 1.29 is 9.53 Å². The van der Waals surface area contributed by atoms with Gasteiger partial charge in [-0.1, -0.05) is 40.2 Å². The first-order valence-corrected chi connectivity index (χ1v) is 8.88. The molecule has 0 spiro atoms. The van der Waals surface area contributed by atoms with Crippen molar-refractivity contribution in [3.8, 4) is 0 Å². The van der Waals surface area contributed by atoms with Crippen LogP contribution in [0.5, 0.6) is 0 Å². The molecule has 1 amide bonds. The number of benzene rings is 1. The minimum Gasteiger partial charge on any atom is -0.373 e. The van der Waals surface area contributed by atoms with Gasteiger partial charge in [-0.2, -0.15) is 0 Å². The number of fused-ring (bicyclic) bond motifs is 1. The zero-order valence-corrected chi connectivity index (χ0v) is 14.0. The number of halogens is 1. The maximum atomic E-state index is 13.0. The standard InChI is InChI=1S/C17H22BrNO2/c1-12-11-21-14(9-18)10-19(12)17(20)16-8-4-6-13-5-2-3-7-15(13)16/h2-3,5,7,12,14,16H,4,6,8-11H2,1H3. The van der Waals surface area contributed by atoms with Crippen molar-refractivity contribution in [3.63, 3.8) is 0 Å². The molecule has 3 nitrogen and oxygen atoms in total. The van der Waals surface area contributed by atoms with Crippen LogP contribution < -0.4 is 0 Å². The van der Waals surface area contributed by atoms with Crippen molar-refractivity contribution in [2.75, 3.05) is 18.5 Å². The van der Waals surface area contributed by atoms with Crippen LogP contribution in [0.3, 0.4) is 0 Å². The van der Waals surface area contributed by atoms with E-state index < -0.39 is 0 Å². The number of ether oxygens (including phenoxy) is 1. The number of hydrogen-bond acceptors (Lipinski definition) is 2. The number of hydrogen-bond donors (Lipinski definition) is 0. The summed E-state index contributed by atoms with van der Waals surface area (Å²) in [6.07, 6.45) is 3.29. The Balaban J connectivity index is 1.82. The van der Waals surface area contributed by atoms with Gasteiger partial charge in [0.1, 0.15) is 0 Å². The molecule has 0 N–H and O–H groups in total. The SMILES string of the molecule is CC1COC(CBr)CN1C(=O)C1CCCc2ccccc21. The third-order valence-electron chi connectivity index (χ3n) is 4.63. The molecule has 1 fully saturated rings. The number of alkyl halides is 1. The highest BCUT2D eigenvalue weighted by molar-refractivity contribution is 9.09. The first-order valence-electron chi connectivity index (χ1n) is 7.76. The van der Waals surface area contributed by atoms with Crippen LogP contribution >= 0.6 is 15.9 Å². The summed E-state index contributed by atoms with van der Waals surface area (Å²) in [4.78, 5) is 15.1. The molecule has 4 heteroatoms. The molecule has 2 aliphatic rings. The summed E-state index contributed by atoms with van der Waals surface area (Å²) in [5, 5.41) is 0.782. The molecule has 1 aromatic rings. The average molecular weight is 352 g/mol. The van der Waals surface area contributed by atoms with Crippen molar-refractivity contribution in [1.29, 1.82) is 0 Å². The summed E-state index contributed by atoms with van der Waals surface area (Å²) in [7, 11) is 0. The summed E-state index contributed by atoms with van der Waals surface area (Å²) in [5.41, 5.74) is 2.59. The first-order chi connectivity index (χ1) is 10.2. The van der Waals surface area contributed by atoms with Crippen molar-refractivity contribution in [1.82, 2.24) is 4.90 Å². The number of nitrogens with zero attached hydrogens (tertiary/aromatic N) is 1. The third-order valence-corrected chi connectivity index (χ3v) is 5.35. The number of aryl methyl sites for hydroxylation is 1. The molecule has 3 rings (SSSR count). The molecule has 1 aromatic carbocycles. The second kappa shape index (κ2) is 6.49. The molecular formula is C17H22BrNO2. The van der Waals surface area contributed by atoms with Gasteiger partial charge in [0.15, 0.2) is 0 Å². The molecule has 1 aliphatic carbocycles.